The van der Waals surface area contributed by atoms with Crippen LogP contribution < -0.4 is 5.32 Å². The lowest BCUT2D eigenvalue weighted by Crippen LogP contribution is -2.20. The maximum Gasteiger partial charge on any atom is 0.280 e. The predicted octanol–water partition coefficient (Wildman–Crippen LogP) is 5.24. The molecule has 0 aliphatic rings. The summed E-state index contributed by atoms with van der Waals surface area (Å²) in [7, 11) is 0. The molecule has 4 aromatic rings. The number of aromatic nitrogens is 4. The number of alkyl halides is 4. The van der Waals surface area contributed by atoms with Crippen LogP contribution in [0.4, 0.5) is 23.2 Å². The van der Waals surface area contributed by atoms with E-state index in [0.717, 1.165) is 15.8 Å². The zero-order valence-electron chi connectivity index (χ0n) is 17.5. The summed E-state index contributed by atoms with van der Waals surface area (Å²) in [5, 5.41) is 6.76. The number of rotatable bonds is 7. The predicted molar refractivity (Wildman–Crippen MR) is 114 cm³/mol. The van der Waals surface area contributed by atoms with Crippen LogP contribution in [0.5, 0.6) is 0 Å². The Morgan fingerprint density at radius 1 is 1.00 bits per heavy atom. The molecule has 0 aliphatic carbocycles. The maximum atomic E-state index is 13.5. The topological polar surface area (TPSA) is 72.7 Å². The number of carbonyl (C=O) groups excluding carboxylic acids is 1. The van der Waals surface area contributed by atoms with Crippen LogP contribution in [0.25, 0.3) is 11.0 Å². The Balaban J connectivity index is 1.52. The fourth-order valence-electron chi connectivity index (χ4n) is 3.58. The van der Waals surface area contributed by atoms with E-state index in [1.54, 1.807) is 24.5 Å². The van der Waals surface area contributed by atoms with Crippen molar-refractivity contribution in [3.8, 4) is 0 Å². The van der Waals surface area contributed by atoms with Crippen LogP contribution in [-0.2, 0) is 17.8 Å². The molecule has 3 aromatic heterocycles. The molecule has 0 unspecified atom stereocenters. The summed E-state index contributed by atoms with van der Waals surface area (Å²) in [6.45, 7) is 1.10. The number of pyridine rings is 2. The SMILES string of the molecule is Cc1nn(CC(=O)Nc2ccc(Cc3ccncc3)cc2)c2nc(C(F)F)cc(C(F)F)c12. The first-order chi connectivity index (χ1) is 15.8. The second kappa shape index (κ2) is 9.35. The number of hydrogen-bond acceptors (Lipinski definition) is 4. The maximum absolute atomic E-state index is 13.5. The lowest BCUT2D eigenvalue weighted by atomic mass is 10.1. The molecule has 6 nitrogen and oxygen atoms in total. The number of hydrogen-bond donors (Lipinski definition) is 1. The first-order valence-electron chi connectivity index (χ1n) is 10.0. The number of fused-ring (bicyclic) bond motifs is 1. The van der Waals surface area contributed by atoms with E-state index in [4.69, 9.17) is 0 Å². The lowest BCUT2D eigenvalue weighted by molar-refractivity contribution is -0.116. The Morgan fingerprint density at radius 3 is 2.30 bits per heavy atom. The Bertz CT molecular complexity index is 1270. The quantitative estimate of drug-likeness (QED) is 0.385. The summed E-state index contributed by atoms with van der Waals surface area (Å²) in [6, 6.07) is 11.7. The van der Waals surface area contributed by atoms with Crippen LogP contribution in [0.15, 0.2) is 54.9 Å². The standard InChI is InChI=1S/C23H19F4N5O/c1-13-20-17(21(24)25)11-18(22(26)27)30-23(20)32(31-13)12-19(33)29-16-4-2-14(3-5-16)10-15-6-8-28-9-7-15/h2-9,11,21-22H,10,12H2,1H3,(H,29,33). The smallest absolute Gasteiger partial charge is 0.280 e. The number of halogens is 4. The average molecular weight is 457 g/mol. The molecule has 0 saturated carbocycles. The van der Waals surface area contributed by atoms with E-state index in [-0.39, 0.29) is 23.3 Å². The molecule has 1 amide bonds. The summed E-state index contributed by atoms with van der Waals surface area (Å²) >= 11 is 0. The van der Waals surface area contributed by atoms with Gasteiger partial charge in [-0.05, 0) is 54.8 Å². The fraction of sp³-hybridized carbons (Fsp3) is 0.217. The minimum Gasteiger partial charge on any atom is -0.324 e. The number of amides is 1. The van der Waals surface area contributed by atoms with Crippen molar-refractivity contribution in [1.29, 1.82) is 0 Å². The van der Waals surface area contributed by atoms with E-state index >= 15 is 0 Å². The van der Waals surface area contributed by atoms with E-state index in [1.807, 2.05) is 24.3 Å². The van der Waals surface area contributed by atoms with Crippen molar-refractivity contribution in [1.82, 2.24) is 19.7 Å². The molecule has 3 heterocycles. The van der Waals surface area contributed by atoms with Gasteiger partial charge in [0.05, 0.1) is 11.1 Å². The molecule has 1 aromatic carbocycles. The first kappa shape index (κ1) is 22.4. The van der Waals surface area contributed by atoms with Crippen molar-refractivity contribution >= 4 is 22.6 Å². The molecular weight excluding hydrogens is 438 g/mol. The Kier molecular flexibility index (Phi) is 6.34. The molecule has 0 fully saturated rings. The van der Waals surface area contributed by atoms with E-state index in [2.05, 4.69) is 20.4 Å². The van der Waals surface area contributed by atoms with Gasteiger partial charge in [0.15, 0.2) is 5.65 Å². The van der Waals surface area contributed by atoms with Gasteiger partial charge in [0.1, 0.15) is 12.2 Å². The van der Waals surface area contributed by atoms with Crippen molar-refractivity contribution in [3.05, 3.63) is 82.9 Å². The summed E-state index contributed by atoms with van der Waals surface area (Å²) in [5.74, 6) is -0.496. The zero-order valence-corrected chi connectivity index (χ0v) is 17.5. The first-order valence-corrected chi connectivity index (χ1v) is 10.0. The molecule has 0 saturated heterocycles. The summed E-state index contributed by atoms with van der Waals surface area (Å²) in [4.78, 5) is 20.3. The second-order valence-electron chi connectivity index (χ2n) is 7.46. The van der Waals surface area contributed by atoms with Gasteiger partial charge in [0.25, 0.3) is 12.9 Å². The number of nitrogens with one attached hydrogen (secondary N) is 1. The Morgan fingerprint density at radius 2 is 1.67 bits per heavy atom. The molecule has 0 atom stereocenters. The minimum absolute atomic E-state index is 0.0253. The molecule has 0 aliphatic heterocycles. The van der Waals surface area contributed by atoms with Crippen LogP contribution in [0.3, 0.4) is 0 Å². The van der Waals surface area contributed by atoms with Gasteiger partial charge in [0.2, 0.25) is 5.91 Å². The van der Waals surface area contributed by atoms with Crippen LogP contribution in [-0.4, -0.2) is 25.7 Å². The van der Waals surface area contributed by atoms with Crippen molar-refractivity contribution in [2.75, 3.05) is 5.32 Å². The Labute approximate surface area is 186 Å². The van der Waals surface area contributed by atoms with Gasteiger partial charge in [0, 0.05) is 23.6 Å². The van der Waals surface area contributed by atoms with Gasteiger partial charge in [-0.1, -0.05) is 12.1 Å². The zero-order chi connectivity index (χ0) is 23.5. The van der Waals surface area contributed by atoms with Gasteiger partial charge in [-0.15, -0.1) is 0 Å². The molecule has 10 heteroatoms. The number of anilines is 1. The van der Waals surface area contributed by atoms with E-state index in [1.165, 1.54) is 6.92 Å². The highest BCUT2D eigenvalue weighted by Crippen LogP contribution is 2.32. The van der Waals surface area contributed by atoms with E-state index < -0.39 is 30.0 Å². The van der Waals surface area contributed by atoms with Crippen LogP contribution in [0, 0.1) is 6.92 Å². The van der Waals surface area contributed by atoms with Crippen LogP contribution >= 0.6 is 0 Å². The molecule has 170 valence electrons. The molecule has 4 rings (SSSR count). The highest BCUT2D eigenvalue weighted by atomic mass is 19.3. The van der Waals surface area contributed by atoms with Crippen LogP contribution in [0.1, 0.15) is 40.9 Å². The van der Waals surface area contributed by atoms with Crippen LogP contribution in [0.2, 0.25) is 0 Å². The third kappa shape index (κ3) is 5.00. The normalized spacial score (nSPS) is 11.5. The third-order valence-electron chi connectivity index (χ3n) is 5.08. The molecule has 33 heavy (non-hydrogen) atoms. The monoisotopic (exact) mass is 457 g/mol. The summed E-state index contributed by atoms with van der Waals surface area (Å²) in [5.41, 5.74) is 1.30. The molecule has 0 spiro atoms. The lowest BCUT2D eigenvalue weighted by Gasteiger charge is -2.09. The minimum atomic E-state index is -3.03. The van der Waals surface area contributed by atoms with E-state index in [0.29, 0.717) is 18.2 Å². The second-order valence-corrected chi connectivity index (χ2v) is 7.46. The van der Waals surface area contributed by atoms with Crippen molar-refractivity contribution in [2.24, 2.45) is 0 Å². The summed E-state index contributed by atoms with van der Waals surface area (Å²) in [6.07, 6.45) is -1.87. The van der Waals surface area contributed by atoms with Gasteiger partial charge in [-0.2, -0.15) is 5.10 Å². The van der Waals surface area contributed by atoms with Crippen molar-refractivity contribution in [2.45, 2.75) is 32.7 Å². The van der Waals surface area contributed by atoms with Crippen molar-refractivity contribution < 1.29 is 22.4 Å². The molecule has 0 radical (unpaired) electrons. The number of nitrogens with zero attached hydrogens (tertiary/aromatic N) is 4. The number of aryl methyl sites for hydroxylation is 1. The molecular formula is C23H19F4N5O. The highest BCUT2D eigenvalue weighted by Gasteiger charge is 2.24. The Hall–Kier alpha value is -3.82. The van der Waals surface area contributed by atoms with Gasteiger partial charge < -0.3 is 5.32 Å². The largest absolute Gasteiger partial charge is 0.324 e. The van der Waals surface area contributed by atoms with Gasteiger partial charge in [-0.3, -0.25) is 9.78 Å². The highest BCUT2D eigenvalue weighted by molar-refractivity contribution is 5.92. The van der Waals surface area contributed by atoms with E-state index in [9.17, 15) is 22.4 Å². The third-order valence-corrected chi connectivity index (χ3v) is 5.08. The molecule has 1 N–H and O–H groups in total. The fourth-order valence-corrected chi connectivity index (χ4v) is 3.58. The number of carbonyl (C=O) groups is 1. The summed E-state index contributed by atoms with van der Waals surface area (Å²) < 4.78 is 54.3. The van der Waals surface area contributed by atoms with Crippen molar-refractivity contribution in [3.63, 3.8) is 0 Å². The number of benzene rings is 1. The average Bonchev–Trinajstić information content (AvgIpc) is 3.10. The van der Waals surface area contributed by atoms with Gasteiger partial charge >= 0.3 is 0 Å². The van der Waals surface area contributed by atoms with Gasteiger partial charge in [-0.25, -0.2) is 27.2 Å². The molecule has 0 bridgehead atoms.